The van der Waals surface area contributed by atoms with Crippen LogP contribution >= 0.6 is 0 Å². The van der Waals surface area contributed by atoms with Gasteiger partial charge in [-0.15, -0.1) is 0 Å². The SMILES string of the molecule is CC(=Nc1ccc(C)cc1)c1ccc2ccccc2c1. The van der Waals surface area contributed by atoms with E-state index in [1.54, 1.807) is 0 Å². The van der Waals surface area contributed by atoms with Crippen LogP contribution in [-0.2, 0) is 0 Å². The lowest BCUT2D eigenvalue weighted by Crippen LogP contribution is -1.93. The molecule has 0 atom stereocenters. The van der Waals surface area contributed by atoms with Crippen molar-refractivity contribution in [2.24, 2.45) is 4.99 Å². The maximum absolute atomic E-state index is 4.69. The highest BCUT2D eigenvalue weighted by molar-refractivity contribution is 6.03. The fourth-order valence-electron chi connectivity index (χ4n) is 2.29. The van der Waals surface area contributed by atoms with Gasteiger partial charge in [-0.2, -0.15) is 0 Å². The van der Waals surface area contributed by atoms with Crippen LogP contribution in [-0.4, -0.2) is 5.71 Å². The lowest BCUT2D eigenvalue weighted by atomic mass is 10.0. The van der Waals surface area contributed by atoms with Crippen LogP contribution in [0.4, 0.5) is 5.69 Å². The maximum atomic E-state index is 4.69. The van der Waals surface area contributed by atoms with Crippen molar-refractivity contribution >= 4 is 22.2 Å². The van der Waals surface area contributed by atoms with Gasteiger partial charge in [-0.25, -0.2) is 0 Å². The Morgan fingerprint density at radius 2 is 1.50 bits per heavy atom. The number of rotatable bonds is 2. The first-order chi connectivity index (χ1) is 9.72. The smallest absolute Gasteiger partial charge is 0.0633 e. The van der Waals surface area contributed by atoms with E-state index in [9.17, 15) is 0 Å². The molecule has 98 valence electrons. The summed E-state index contributed by atoms with van der Waals surface area (Å²) < 4.78 is 0. The van der Waals surface area contributed by atoms with Crippen molar-refractivity contribution in [3.05, 3.63) is 77.9 Å². The Balaban J connectivity index is 1.99. The van der Waals surface area contributed by atoms with E-state index in [4.69, 9.17) is 4.99 Å². The summed E-state index contributed by atoms with van der Waals surface area (Å²) in [6.07, 6.45) is 0. The first-order valence-corrected chi connectivity index (χ1v) is 6.83. The van der Waals surface area contributed by atoms with Gasteiger partial charge in [-0.3, -0.25) is 4.99 Å². The minimum Gasteiger partial charge on any atom is -0.253 e. The Labute approximate surface area is 119 Å². The molecule has 0 aromatic heterocycles. The molecule has 0 N–H and O–H groups in total. The second-order valence-corrected chi connectivity index (χ2v) is 5.09. The number of fused-ring (bicyclic) bond motifs is 1. The molecule has 0 saturated heterocycles. The Morgan fingerprint density at radius 1 is 0.800 bits per heavy atom. The molecule has 0 amide bonds. The lowest BCUT2D eigenvalue weighted by molar-refractivity contribution is 1.42. The molecule has 0 heterocycles. The van der Waals surface area contributed by atoms with Crippen molar-refractivity contribution in [1.82, 2.24) is 0 Å². The first kappa shape index (κ1) is 12.6. The summed E-state index contributed by atoms with van der Waals surface area (Å²) >= 11 is 0. The molecule has 1 nitrogen and oxygen atoms in total. The van der Waals surface area contributed by atoms with E-state index in [2.05, 4.69) is 80.6 Å². The molecular formula is C19H17N. The quantitative estimate of drug-likeness (QED) is 0.554. The minimum atomic E-state index is 1.00. The van der Waals surface area contributed by atoms with Crippen LogP contribution in [0.5, 0.6) is 0 Å². The molecular weight excluding hydrogens is 242 g/mol. The number of aliphatic imine (C=N–C) groups is 1. The Kier molecular flexibility index (Phi) is 3.34. The molecule has 0 aliphatic carbocycles. The molecule has 1 heteroatoms. The monoisotopic (exact) mass is 259 g/mol. The van der Waals surface area contributed by atoms with E-state index in [1.807, 2.05) is 0 Å². The minimum absolute atomic E-state index is 1.00. The molecule has 0 unspecified atom stereocenters. The van der Waals surface area contributed by atoms with Gasteiger partial charge in [0.05, 0.1) is 5.69 Å². The van der Waals surface area contributed by atoms with Gasteiger partial charge in [-0.05, 0) is 48.4 Å². The lowest BCUT2D eigenvalue weighted by Gasteiger charge is -2.04. The summed E-state index contributed by atoms with van der Waals surface area (Å²) in [5, 5.41) is 2.52. The molecule has 0 fully saturated rings. The summed E-state index contributed by atoms with van der Waals surface area (Å²) in [7, 11) is 0. The molecule has 0 spiro atoms. The number of benzene rings is 3. The third kappa shape index (κ3) is 2.62. The van der Waals surface area contributed by atoms with Crippen molar-refractivity contribution in [1.29, 1.82) is 0 Å². The highest BCUT2D eigenvalue weighted by Crippen LogP contribution is 2.19. The van der Waals surface area contributed by atoms with Gasteiger partial charge < -0.3 is 0 Å². The molecule has 3 aromatic carbocycles. The molecule has 0 radical (unpaired) electrons. The second kappa shape index (κ2) is 5.30. The second-order valence-electron chi connectivity index (χ2n) is 5.09. The third-order valence-electron chi connectivity index (χ3n) is 3.50. The summed E-state index contributed by atoms with van der Waals surface area (Å²) in [4.78, 5) is 4.69. The van der Waals surface area contributed by atoms with Crippen LogP contribution < -0.4 is 0 Å². The highest BCUT2D eigenvalue weighted by Gasteiger charge is 2.00. The molecule has 0 saturated carbocycles. The Bertz CT molecular complexity index is 767. The van der Waals surface area contributed by atoms with Crippen LogP contribution in [0.25, 0.3) is 10.8 Å². The van der Waals surface area contributed by atoms with Crippen molar-refractivity contribution in [3.8, 4) is 0 Å². The largest absolute Gasteiger partial charge is 0.253 e. The van der Waals surface area contributed by atoms with Crippen molar-refractivity contribution < 1.29 is 0 Å². The Morgan fingerprint density at radius 3 is 2.25 bits per heavy atom. The fourth-order valence-corrected chi connectivity index (χ4v) is 2.29. The number of hydrogen-bond donors (Lipinski definition) is 0. The fraction of sp³-hybridized carbons (Fsp3) is 0.105. The van der Waals surface area contributed by atoms with Gasteiger partial charge in [0.25, 0.3) is 0 Å². The van der Waals surface area contributed by atoms with Crippen LogP contribution in [0, 0.1) is 6.92 Å². The van der Waals surface area contributed by atoms with E-state index >= 15 is 0 Å². The first-order valence-electron chi connectivity index (χ1n) is 6.83. The van der Waals surface area contributed by atoms with Crippen molar-refractivity contribution in [2.45, 2.75) is 13.8 Å². The third-order valence-corrected chi connectivity index (χ3v) is 3.50. The standard InChI is InChI=1S/C19H17N/c1-14-7-11-19(12-8-14)20-15(2)17-10-9-16-5-3-4-6-18(16)13-17/h3-13H,1-2H3. The van der Waals surface area contributed by atoms with Crippen LogP contribution in [0.1, 0.15) is 18.1 Å². The van der Waals surface area contributed by atoms with Gasteiger partial charge in [0, 0.05) is 5.71 Å². The molecule has 0 bridgehead atoms. The number of hydrogen-bond acceptors (Lipinski definition) is 1. The number of aryl methyl sites for hydroxylation is 1. The predicted molar refractivity (Wildman–Crippen MR) is 87.0 cm³/mol. The normalized spacial score (nSPS) is 11.8. The van der Waals surface area contributed by atoms with Crippen LogP contribution in [0.2, 0.25) is 0 Å². The number of nitrogens with zero attached hydrogens (tertiary/aromatic N) is 1. The van der Waals surface area contributed by atoms with E-state index < -0.39 is 0 Å². The van der Waals surface area contributed by atoms with E-state index in [-0.39, 0.29) is 0 Å². The maximum Gasteiger partial charge on any atom is 0.0633 e. The summed E-state index contributed by atoms with van der Waals surface area (Å²) in [6, 6.07) is 23.2. The van der Waals surface area contributed by atoms with Gasteiger partial charge in [-0.1, -0.05) is 54.1 Å². The molecule has 0 aliphatic rings. The average molecular weight is 259 g/mol. The molecule has 0 aliphatic heterocycles. The van der Waals surface area contributed by atoms with E-state index in [0.717, 1.165) is 11.4 Å². The van der Waals surface area contributed by atoms with Crippen LogP contribution in [0.15, 0.2) is 71.7 Å². The van der Waals surface area contributed by atoms with Crippen molar-refractivity contribution in [2.75, 3.05) is 0 Å². The van der Waals surface area contributed by atoms with E-state index in [0.29, 0.717) is 0 Å². The summed E-state index contributed by atoms with van der Waals surface area (Å²) in [5.74, 6) is 0. The molecule has 3 aromatic rings. The molecule has 20 heavy (non-hydrogen) atoms. The van der Waals surface area contributed by atoms with Gasteiger partial charge in [0.2, 0.25) is 0 Å². The zero-order chi connectivity index (χ0) is 13.9. The summed E-state index contributed by atoms with van der Waals surface area (Å²) in [5.41, 5.74) is 4.47. The van der Waals surface area contributed by atoms with Crippen LogP contribution in [0.3, 0.4) is 0 Å². The van der Waals surface area contributed by atoms with Crippen molar-refractivity contribution in [3.63, 3.8) is 0 Å². The topological polar surface area (TPSA) is 12.4 Å². The van der Waals surface area contributed by atoms with E-state index in [1.165, 1.54) is 21.9 Å². The zero-order valence-electron chi connectivity index (χ0n) is 11.8. The Hall–Kier alpha value is -2.41. The van der Waals surface area contributed by atoms with Gasteiger partial charge in [0.1, 0.15) is 0 Å². The summed E-state index contributed by atoms with van der Waals surface area (Å²) in [6.45, 7) is 4.15. The predicted octanol–water partition coefficient (Wildman–Crippen LogP) is 5.29. The molecule has 3 rings (SSSR count). The highest BCUT2D eigenvalue weighted by atomic mass is 14.7. The average Bonchev–Trinajstić information content (AvgIpc) is 2.49. The van der Waals surface area contributed by atoms with Gasteiger partial charge in [0.15, 0.2) is 0 Å². The zero-order valence-corrected chi connectivity index (χ0v) is 11.8. The van der Waals surface area contributed by atoms with Gasteiger partial charge >= 0.3 is 0 Å².